The van der Waals surface area contributed by atoms with Crippen molar-refractivity contribution in [3.8, 4) is 0 Å². The average Bonchev–Trinajstić information content (AvgIpc) is 3.08. The second-order valence-corrected chi connectivity index (χ2v) is 7.98. The van der Waals surface area contributed by atoms with Gasteiger partial charge in [0.05, 0.1) is 24.9 Å². The Morgan fingerprint density at radius 2 is 2.00 bits per heavy atom. The third-order valence-electron chi connectivity index (χ3n) is 5.38. The monoisotopic (exact) mass is 432 g/mol. The Morgan fingerprint density at radius 3 is 2.67 bits per heavy atom. The Morgan fingerprint density at radius 1 is 1.23 bits per heavy atom. The van der Waals surface area contributed by atoms with Crippen LogP contribution in [0.15, 0.2) is 35.3 Å². The van der Waals surface area contributed by atoms with E-state index in [-0.39, 0.29) is 6.04 Å². The summed E-state index contributed by atoms with van der Waals surface area (Å²) in [6.45, 7) is 9.84. The van der Waals surface area contributed by atoms with Crippen molar-refractivity contribution in [3.05, 3.63) is 52.3 Å². The molecule has 2 aromatic rings. The first-order valence-electron chi connectivity index (χ1n) is 10.6. The van der Waals surface area contributed by atoms with Crippen molar-refractivity contribution in [2.45, 2.75) is 32.9 Å². The van der Waals surface area contributed by atoms with Crippen molar-refractivity contribution in [3.63, 3.8) is 0 Å². The molecule has 1 fully saturated rings. The molecule has 0 saturated carbocycles. The predicted octanol–water partition coefficient (Wildman–Crippen LogP) is 2.78. The summed E-state index contributed by atoms with van der Waals surface area (Å²) >= 11 is 6.52. The SMILES string of the molecule is CN=C(NCCCn1nc(C)cc1C)NCC(c1ccccc1Cl)N1CCOCC1. The van der Waals surface area contributed by atoms with Crippen molar-refractivity contribution < 1.29 is 4.74 Å². The summed E-state index contributed by atoms with van der Waals surface area (Å²) in [6, 6.07) is 10.3. The van der Waals surface area contributed by atoms with Crippen LogP contribution in [0, 0.1) is 13.8 Å². The van der Waals surface area contributed by atoms with Crippen LogP contribution in [0.3, 0.4) is 0 Å². The molecule has 2 N–H and O–H groups in total. The van der Waals surface area contributed by atoms with Gasteiger partial charge < -0.3 is 15.4 Å². The highest BCUT2D eigenvalue weighted by molar-refractivity contribution is 6.31. The zero-order chi connectivity index (χ0) is 21.3. The number of aromatic nitrogens is 2. The van der Waals surface area contributed by atoms with Crippen LogP contribution >= 0.6 is 11.6 Å². The van der Waals surface area contributed by atoms with Crippen LogP contribution in [0.4, 0.5) is 0 Å². The summed E-state index contributed by atoms with van der Waals surface area (Å²) in [5.41, 5.74) is 3.39. The fourth-order valence-corrected chi connectivity index (χ4v) is 4.08. The maximum Gasteiger partial charge on any atom is 0.191 e. The highest BCUT2D eigenvalue weighted by atomic mass is 35.5. The minimum atomic E-state index is 0.163. The van der Waals surface area contributed by atoms with Crippen LogP contribution in [0.25, 0.3) is 0 Å². The highest BCUT2D eigenvalue weighted by Gasteiger charge is 2.24. The van der Waals surface area contributed by atoms with Gasteiger partial charge in [-0.25, -0.2) is 0 Å². The summed E-state index contributed by atoms with van der Waals surface area (Å²) in [7, 11) is 1.80. The lowest BCUT2D eigenvalue weighted by atomic mass is 10.0. The topological polar surface area (TPSA) is 66.7 Å². The van der Waals surface area contributed by atoms with E-state index in [1.165, 1.54) is 5.69 Å². The number of halogens is 1. The quantitative estimate of drug-likeness (QED) is 0.381. The van der Waals surface area contributed by atoms with Crippen LogP contribution < -0.4 is 10.6 Å². The van der Waals surface area contributed by atoms with Crippen LogP contribution in [0.1, 0.15) is 29.4 Å². The second-order valence-electron chi connectivity index (χ2n) is 7.57. The van der Waals surface area contributed by atoms with Gasteiger partial charge in [0, 0.05) is 50.5 Å². The molecule has 1 aliphatic heterocycles. The van der Waals surface area contributed by atoms with Crippen LogP contribution in [-0.2, 0) is 11.3 Å². The van der Waals surface area contributed by atoms with Gasteiger partial charge in [-0.15, -0.1) is 0 Å². The van der Waals surface area contributed by atoms with Gasteiger partial charge in [0.2, 0.25) is 0 Å². The smallest absolute Gasteiger partial charge is 0.191 e. The van der Waals surface area contributed by atoms with Crippen molar-refractivity contribution in [1.82, 2.24) is 25.3 Å². The first-order chi connectivity index (χ1) is 14.6. The van der Waals surface area contributed by atoms with E-state index in [0.717, 1.165) is 74.6 Å². The van der Waals surface area contributed by atoms with Crippen molar-refractivity contribution in [2.24, 2.45) is 4.99 Å². The van der Waals surface area contributed by atoms with Crippen molar-refractivity contribution in [1.29, 1.82) is 0 Å². The lowest BCUT2D eigenvalue weighted by Crippen LogP contribution is -2.46. The van der Waals surface area contributed by atoms with Crippen LogP contribution in [-0.4, -0.2) is 67.1 Å². The zero-order valence-corrected chi connectivity index (χ0v) is 19.0. The number of benzene rings is 1. The number of ether oxygens (including phenoxy) is 1. The molecule has 0 spiro atoms. The molecular formula is C22H33ClN6O. The molecule has 1 saturated heterocycles. The number of aryl methyl sites for hydroxylation is 3. The molecule has 30 heavy (non-hydrogen) atoms. The number of morpholine rings is 1. The first kappa shape index (κ1) is 22.6. The van der Waals surface area contributed by atoms with E-state index in [2.05, 4.69) is 49.4 Å². The summed E-state index contributed by atoms with van der Waals surface area (Å²) < 4.78 is 7.59. The maximum absolute atomic E-state index is 6.52. The summed E-state index contributed by atoms with van der Waals surface area (Å²) in [5, 5.41) is 12.2. The molecule has 0 aliphatic carbocycles. The minimum absolute atomic E-state index is 0.163. The first-order valence-corrected chi connectivity index (χ1v) is 11.0. The van der Waals surface area contributed by atoms with Gasteiger partial charge in [-0.2, -0.15) is 5.10 Å². The molecule has 1 aromatic carbocycles. The van der Waals surface area contributed by atoms with Crippen LogP contribution in [0.2, 0.25) is 5.02 Å². The fourth-order valence-electron chi connectivity index (χ4n) is 3.82. The van der Waals surface area contributed by atoms with Gasteiger partial charge in [0.15, 0.2) is 5.96 Å². The molecular weight excluding hydrogens is 400 g/mol. The summed E-state index contributed by atoms with van der Waals surface area (Å²) in [6.07, 6.45) is 0.972. The third-order valence-corrected chi connectivity index (χ3v) is 5.72. The predicted molar refractivity (Wildman–Crippen MR) is 122 cm³/mol. The molecule has 0 radical (unpaired) electrons. The third kappa shape index (κ3) is 6.20. The largest absolute Gasteiger partial charge is 0.379 e. The lowest BCUT2D eigenvalue weighted by molar-refractivity contribution is 0.0170. The molecule has 7 nitrogen and oxygen atoms in total. The normalized spacial score (nSPS) is 16.5. The molecule has 2 heterocycles. The van der Waals surface area contributed by atoms with Crippen molar-refractivity contribution in [2.75, 3.05) is 46.4 Å². The van der Waals surface area contributed by atoms with E-state index in [1.54, 1.807) is 7.05 Å². The molecule has 1 unspecified atom stereocenters. The van der Waals surface area contributed by atoms with E-state index in [1.807, 2.05) is 25.1 Å². The van der Waals surface area contributed by atoms with E-state index in [4.69, 9.17) is 16.3 Å². The standard InChI is InChI=1S/C22H33ClN6O/c1-17-15-18(2)29(27-17)10-6-9-25-22(24-3)26-16-21(28-11-13-30-14-12-28)19-7-4-5-8-20(19)23/h4-5,7-8,15,21H,6,9-14,16H2,1-3H3,(H2,24,25,26). The number of aliphatic imine (C=N–C) groups is 1. The molecule has 0 amide bonds. The Labute approximate surface area is 184 Å². The Kier molecular flexibility index (Phi) is 8.54. The number of rotatable bonds is 8. The number of hydrogen-bond donors (Lipinski definition) is 2. The Bertz CT molecular complexity index is 831. The molecule has 1 aromatic heterocycles. The van der Waals surface area contributed by atoms with Gasteiger partial charge in [-0.3, -0.25) is 14.6 Å². The van der Waals surface area contributed by atoms with Gasteiger partial charge in [-0.05, 0) is 38.0 Å². The Balaban J connectivity index is 1.53. The Hall–Kier alpha value is -2.09. The molecule has 3 rings (SSSR count). The van der Waals surface area contributed by atoms with Gasteiger partial charge >= 0.3 is 0 Å². The van der Waals surface area contributed by atoms with E-state index in [0.29, 0.717) is 0 Å². The summed E-state index contributed by atoms with van der Waals surface area (Å²) in [4.78, 5) is 6.81. The van der Waals surface area contributed by atoms with Gasteiger partial charge in [-0.1, -0.05) is 29.8 Å². The fraction of sp³-hybridized carbons (Fsp3) is 0.545. The molecule has 1 atom stereocenters. The summed E-state index contributed by atoms with van der Waals surface area (Å²) in [5.74, 6) is 0.800. The lowest BCUT2D eigenvalue weighted by Gasteiger charge is -2.35. The second kappa shape index (κ2) is 11.3. The molecule has 164 valence electrons. The number of nitrogens with zero attached hydrogens (tertiary/aromatic N) is 4. The maximum atomic E-state index is 6.52. The number of hydrogen-bond acceptors (Lipinski definition) is 4. The number of nitrogens with one attached hydrogen (secondary N) is 2. The molecule has 1 aliphatic rings. The van der Waals surface area contributed by atoms with E-state index < -0.39 is 0 Å². The van der Waals surface area contributed by atoms with Gasteiger partial charge in [0.1, 0.15) is 0 Å². The minimum Gasteiger partial charge on any atom is -0.379 e. The van der Waals surface area contributed by atoms with Gasteiger partial charge in [0.25, 0.3) is 0 Å². The van der Waals surface area contributed by atoms with E-state index >= 15 is 0 Å². The number of guanidine groups is 1. The molecule has 8 heteroatoms. The van der Waals surface area contributed by atoms with E-state index in [9.17, 15) is 0 Å². The average molecular weight is 433 g/mol. The molecule has 0 bridgehead atoms. The zero-order valence-electron chi connectivity index (χ0n) is 18.2. The van der Waals surface area contributed by atoms with Crippen LogP contribution in [0.5, 0.6) is 0 Å². The van der Waals surface area contributed by atoms with Crippen molar-refractivity contribution >= 4 is 17.6 Å². The highest BCUT2D eigenvalue weighted by Crippen LogP contribution is 2.27.